The van der Waals surface area contributed by atoms with Crippen molar-refractivity contribution in [3.8, 4) is 0 Å². The molecule has 1 aromatic carbocycles. The van der Waals surface area contributed by atoms with Gasteiger partial charge in [-0.05, 0) is 24.6 Å². The summed E-state index contributed by atoms with van der Waals surface area (Å²) in [6, 6.07) is 4.82. The SMILES string of the molecule is CCN1C(=O)c2ccc(CO)cc2C1=O. The molecule has 78 valence electrons. The van der Waals surface area contributed by atoms with E-state index in [2.05, 4.69) is 0 Å². The number of aliphatic hydroxyl groups excluding tert-OH is 1. The number of benzene rings is 1. The van der Waals surface area contributed by atoms with Crippen LogP contribution in [0.25, 0.3) is 0 Å². The summed E-state index contributed by atoms with van der Waals surface area (Å²) >= 11 is 0. The summed E-state index contributed by atoms with van der Waals surface area (Å²) in [4.78, 5) is 24.6. The first-order valence-corrected chi connectivity index (χ1v) is 4.79. The number of aliphatic hydroxyl groups is 1. The predicted molar refractivity (Wildman–Crippen MR) is 53.4 cm³/mol. The Kier molecular flexibility index (Phi) is 2.28. The van der Waals surface area contributed by atoms with E-state index in [0.29, 0.717) is 23.2 Å². The number of hydrogen-bond acceptors (Lipinski definition) is 3. The lowest BCUT2D eigenvalue weighted by Crippen LogP contribution is -2.29. The lowest BCUT2D eigenvalue weighted by molar-refractivity contribution is 0.0663. The molecule has 4 heteroatoms. The van der Waals surface area contributed by atoms with Crippen LogP contribution in [0.2, 0.25) is 0 Å². The van der Waals surface area contributed by atoms with Gasteiger partial charge in [-0.25, -0.2) is 0 Å². The number of carbonyl (C=O) groups excluding carboxylic acids is 2. The van der Waals surface area contributed by atoms with Crippen LogP contribution >= 0.6 is 0 Å². The van der Waals surface area contributed by atoms with Gasteiger partial charge in [-0.2, -0.15) is 0 Å². The van der Waals surface area contributed by atoms with Gasteiger partial charge in [0.05, 0.1) is 17.7 Å². The summed E-state index contributed by atoms with van der Waals surface area (Å²) in [6.45, 7) is 2.01. The fourth-order valence-electron chi connectivity index (χ4n) is 1.72. The molecule has 2 amide bonds. The first-order valence-electron chi connectivity index (χ1n) is 4.79. The average molecular weight is 205 g/mol. The predicted octanol–water partition coefficient (Wildman–Crippen LogP) is 0.795. The number of carbonyl (C=O) groups is 2. The van der Waals surface area contributed by atoms with Gasteiger partial charge in [0.25, 0.3) is 11.8 Å². The number of amides is 2. The van der Waals surface area contributed by atoms with Crippen molar-refractivity contribution < 1.29 is 14.7 Å². The maximum Gasteiger partial charge on any atom is 0.261 e. The van der Waals surface area contributed by atoms with E-state index in [-0.39, 0.29) is 18.4 Å². The highest BCUT2D eigenvalue weighted by Crippen LogP contribution is 2.23. The lowest BCUT2D eigenvalue weighted by Gasteiger charge is -2.08. The molecule has 0 aromatic heterocycles. The van der Waals surface area contributed by atoms with E-state index in [1.54, 1.807) is 25.1 Å². The van der Waals surface area contributed by atoms with E-state index in [1.165, 1.54) is 4.90 Å². The highest BCUT2D eigenvalue weighted by atomic mass is 16.3. The van der Waals surface area contributed by atoms with Crippen molar-refractivity contribution in [1.29, 1.82) is 0 Å². The molecular formula is C11H11NO3. The Hall–Kier alpha value is -1.68. The van der Waals surface area contributed by atoms with Crippen LogP contribution < -0.4 is 0 Å². The molecular weight excluding hydrogens is 194 g/mol. The standard InChI is InChI=1S/C11H11NO3/c1-2-12-10(14)8-4-3-7(6-13)5-9(8)11(12)15/h3-5,13H,2,6H2,1H3. The number of rotatable bonds is 2. The molecule has 15 heavy (non-hydrogen) atoms. The topological polar surface area (TPSA) is 57.6 Å². The van der Waals surface area contributed by atoms with Gasteiger partial charge in [0.2, 0.25) is 0 Å². The summed E-state index contributed by atoms with van der Waals surface area (Å²) < 4.78 is 0. The Morgan fingerprint density at radius 1 is 1.20 bits per heavy atom. The average Bonchev–Trinajstić information content (AvgIpc) is 2.51. The number of nitrogens with zero attached hydrogens (tertiary/aromatic N) is 1. The molecule has 0 unspecified atom stereocenters. The van der Waals surface area contributed by atoms with Gasteiger partial charge >= 0.3 is 0 Å². The van der Waals surface area contributed by atoms with Crippen LogP contribution in [0.15, 0.2) is 18.2 Å². The zero-order valence-corrected chi connectivity index (χ0v) is 8.36. The maximum atomic E-state index is 11.7. The fourth-order valence-corrected chi connectivity index (χ4v) is 1.72. The van der Waals surface area contributed by atoms with Gasteiger partial charge < -0.3 is 5.11 Å². The smallest absolute Gasteiger partial charge is 0.261 e. The highest BCUT2D eigenvalue weighted by Gasteiger charge is 2.34. The molecule has 0 radical (unpaired) electrons. The highest BCUT2D eigenvalue weighted by molar-refractivity contribution is 6.21. The minimum Gasteiger partial charge on any atom is -0.392 e. The Morgan fingerprint density at radius 3 is 2.47 bits per heavy atom. The van der Waals surface area contributed by atoms with Crippen LogP contribution in [0.1, 0.15) is 33.2 Å². The maximum absolute atomic E-state index is 11.7. The van der Waals surface area contributed by atoms with E-state index in [1.807, 2.05) is 0 Å². The number of hydrogen-bond donors (Lipinski definition) is 1. The molecule has 4 nitrogen and oxygen atoms in total. The minimum absolute atomic E-state index is 0.124. The quantitative estimate of drug-likeness (QED) is 0.726. The van der Waals surface area contributed by atoms with Gasteiger partial charge in [0.1, 0.15) is 0 Å². The minimum atomic E-state index is -0.271. The second kappa shape index (κ2) is 3.47. The van der Waals surface area contributed by atoms with E-state index in [0.717, 1.165) is 0 Å². The molecule has 1 N–H and O–H groups in total. The number of imide groups is 1. The van der Waals surface area contributed by atoms with Crippen molar-refractivity contribution in [2.75, 3.05) is 6.54 Å². The third-order valence-electron chi connectivity index (χ3n) is 2.53. The molecule has 0 spiro atoms. The third kappa shape index (κ3) is 1.34. The van der Waals surface area contributed by atoms with Crippen LogP contribution in [-0.4, -0.2) is 28.4 Å². The molecule has 0 fully saturated rings. The van der Waals surface area contributed by atoms with Crippen molar-refractivity contribution in [3.63, 3.8) is 0 Å². The Bertz CT molecular complexity index is 439. The van der Waals surface area contributed by atoms with Crippen LogP contribution in [0.3, 0.4) is 0 Å². The van der Waals surface area contributed by atoms with E-state index in [4.69, 9.17) is 5.11 Å². The van der Waals surface area contributed by atoms with Crippen LogP contribution in [-0.2, 0) is 6.61 Å². The van der Waals surface area contributed by atoms with Crippen molar-refractivity contribution in [2.24, 2.45) is 0 Å². The molecule has 0 saturated heterocycles. The number of fused-ring (bicyclic) bond motifs is 1. The Labute approximate surface area is 87.1 Å². The van der Waals surface area contributed by atoms with E-state index < -0.39 is 0 Å². The van der Waals surface area contributed by atoms with Gasteiger partial charge in [-0.15, -0.1) is 0 Å². The monoisotopic (exact) mass is 205 g/mol. The lowest BCUT2D eigenvalue weighted by atomic mass is 10.1. The Balaban J connectivity index is 2.53. The van der Waals surface area contributed by atoms with E-state index >= 15 is 0 Å². The van der Waals surface area contributed by atoms with Gasteiger partial charge in [0.15, 0.2) is 0 Å². The summed E-state index contributed by atoms with van der Waals surface area (Å²) in [6.07, 6.45) is 0. The zero-order valence-electron chi connectivity index (χ0n) is 8.36. The second-order valence-corrected chi connectivity index (χ2v) is 3.39. The molecule has 0 bridgehead atoms. The van der Waals surface area contributed by atoms with Crippen molar-refractivity contribution in [2.45, 2.75) is 13.5 Å². The zero-order chi connectivity index (χ0) is 11.0. The molecule has 1 heterocycles. The Morgan fingerprint density at radius 2 is 1.87 bits per heavy atom. The molecule has 1 aliphatic heterocycles. The molecule has 0 aliphatic carbocycles. The largest absolute Gasteiger partial charge is 0.392 e. The summed E-state index contributed by atoms with van der Waals surface area (Å²) in [5, 5.41) is 8.93. The summed E-state index contributed by atoms with van der Waals surface area (Å²) in [5.41, 5.74) is 1.47. The molecule has 2 rings (SSSR count). The second-order valence-electron chi connectivity index (χ2n) is 3.39. The molecule has 0 saturated carbocycles. The molecule has 0 atom stereocenters. The molecule has 1 aromatic rings. The fraction of sp³-hybridized carbons (Fsp3) is 0.273. The normalized spacial score (nSPS) is 14.7. The van der Waals surface area contributed by atoms with Gasteiger partial charge in [-0.1, -0.05) is 6.07 Å². The van der Waals surface area contributed by atoms with Gasteiger partial charge in [-0.3, -0.25) is 14.5 Å². The summed E-state index contributed by atoms with van der Waals surface area (Å²) in [5.74, 6) is -0.519. The van der Waals surface area contributed by atoms with Crippen LogP contribution in [0.5, 0.6) is 0 Å². The van der Waals surface area contributed by atoms with Crippen molar-refractivity contribution in [3.05, 3.63) is 34.9 Å². The van der Waals surface area contributed by atoms with E-state index in [9.17, 15) is 9.59 Å². The summed E-state index contributed by atoms with van der Waals surface area (Å²) in [7, 11) is 0. The third-order valence-corrected chi connectivity index (χ3v) is 2.53. The molecule has 1 aliphatic rings. The van der Waals surface area contributed by atoms with Crippen molar-refractivity contribution >= 4 is 11.8 Å². The van der Waals surface area contributed by atoms with Crippen LogP contribution in [0.4, 0.5) is 0 Å². The van der Waals surface area contributed by atoms with Gasteiger partial charge in [0, 0.05) is 6.54 Å². The van der Waals surface area contributed by atoms with Crippen LogP contribution in [0, 0.1) is 0 Å². The first-order chi connectivity index (χ1) is 7.19. The van der Waals surface area contributed by atoms with Crippen molar-refractivity contribution in [1.82, 2.24) is 4.90 Å². The first kappa shape index (κ1) is 9.86.